The van der Waals surface area contributed by atoms with Gasteiger partial charge in [-0.15, -0.1) is 0 Å². The molecule has 2 aliphatic heterocycles. The summed E-state index contributed by atoms with van der Waals surface area (Å²) >= 11 is 0. The number of rotatable bonds is 5. The maximum Gasteiger partial charge on any atom is 0.276 e. The molecule has 1 aromatic heterocycles. The zero-order chi connectivity index (χ0) is 23.9. The quantitative estimate of drug-likeness (QED) is 0.720. The van der Waals surface area contributed by atoms with Crippen molar-refractivity contribution < 1.29 is 19.1 Å². The number of benzene rings is 1. The monoisotopic (exact) mass is 456 g/mol. The van der Waals surface area contributed by atoms with Gasteiger partial charge in [0.2, 0.25) is 5.43 Å². The van der Waals surface area contributed by atoms with Gasteiger partial charge in [-0.25, -0.2) is 4.39 Å². The van der Waals surface area contributed by atoms with Crippen LogP contribution in [0.3, 0.4) is 0 Å². The van der Waals surface area contributed by atoms with Crippen LogP contribution in [0.25, 0.3) is 0 Å². The molecular weight excluding hydrogens is 427 g/mol. The summed E-state index contributed by atoms with van der Waals surface area (Å²) in [7, 11) is 0. The van der Waals surface area contributed by atoms with E-state index in [-0.39, 0.29) is 41.9 Å². The predicted octanol–water partition coefficient (Wildman–Crippen LogP) is 2.30. The van der Waals surface area contributed by atoms with Crippen LogP contribution >= 0.6 is 0 Å². The molecule has 3 atom stereocenters. The third kappa shape index (κ3) is 4.13. The molecule has 176 valence electrons. The van der Waals surface area contributed by atoms with Crippen molar-refractivity contribution in [1.82, 2.24) is 19.7 Å². The number of amides is 2. The smallest absolute Gasteiger partial charge is 0.276 e. The van der Waals surface area contributed by atoms with Gasteiger partial charge in [0.15, 0.2) is 11.4 Å². The number of carbonyl (C=O) groups excluding carboxylic acids is 2. The molecule has 1 unspecified atom stereocenters. The molecule has 1 saturated heterocycles. The summed E-state index contributed by atoms with van der Waals surface area (Å²) in [6.07, 6.45) is 2.87. The van der Waals surface area contributed by atoms with Gasteiger partial charge in [-0.1, -0.05) is 19.1 Å². The number of halogens is 1. The topological polar surface area (TPSA) is 94.9 Å². The Bertz CT molecular complexity index is 1130. The molecule has 2 amide bonds. The highest BCUT2D eigenvalue weighted by atomic mass is 19.1. The highest BCUT2D eigenvalue weighted by Gasteiger charge is 2.44. The van der Waals surface area contributed by atoms with Gasteiger partial charge in [0.05, 0.1) is 6.54 Å². The van der Waals surface area contributed by atoms with Crippen molar-refractivity contribution in [3.63, 3.8) is 0 Å². The molecule has 0 saturated carbocycles. The zero-order valence-electron chi connectivity index (χ0n) is 19.0. The Labute approximate surface area is 191 Å². The van der Waals surface area contributed by atoms with Gasteiger partial charge in [-0.2, -0.15) is 0 Å². The number of nitrogens with zero attached hydrogens (tertiary/aromatic N) is 3. The average Bonchev–Trinajstić information content (AvgIpc) is 2.80. The minimum atomic E-state index is -0.881. The molecule has 0 spiro atoms. The van der Waals surface area contributed by atoms with Crippen LogP contribution in [0.1, 0.15) is 60.0 Å². The molecular formula is C24H29FN4O4. The fourth-order valence-corrected chi connectivity index (χ4v) is 4.71. The van der Waals surface area contributed by atoms with E-state index in [1.165, 1.54) is 35.0 Å². The number of pyridine rings is 1. The Kier molecular flexibility index (Phi) is 6.25. The third-order valence-corrected chi connectivity index (χ3v) is 6.81. The molecule has 9 heteroatoms. The van der Waals surface area contributed by atoms with Crippen LogP contribution in [0.2, 0.25) is 0 Å². The number of hydrogen-bond donors (Lipinski definition) is 2. The van der Waals surface area contributed by atoms with Gasteiger partial charge in [0.25, 0.3) is 11.8 Å². The first-order valence-electron chi connectivity index (χ1n) is 11.3. The first-order valence-corrected chi connectivity index (χ1v) is 11.3. The van der Waals surface area contributed by atoms with Crippen LogP contribution in [0.4, 0.5) is 4.39 Å². The van der Waals surface area contributed by atoms with Crippen LogP contribution in [0.5, 0.6) is 5.75 Å². The molecule has 2 N–H and O–H groups in total. The summed E-state index contributed by atoms with van der Waals surface area (Å²) in [6, 6.07) is 5.87. The Balaban J connectivity index is 1.66. The van der Waals surface area contributed by atoms with Crippen molar-refractivity contribution in [1.29, 1.82) is 0 Å². The molecule has 1 fully saturated rings. The minimum Gasteiger partial charge on any atom is -0.503 e. The maximum atomic E-state index is 13.4. The number of aromatic nitrogens is 1. The Morgan fingerprint density at radius 3 is 2.64 bits per heavy atom. The van der Waals surface area contributed by atoms with E-state index in [1.807, 2.05) is 6.92 Å². The molecule has 0 radical (unpaired) electrons. The van der Waals surface area contributed by atoms with Crippen LogP contribution < -0.4 is 10.7 Å². The van der Waals surface area contributed by atoms with Gasteiger partial charge in [-0.3, -0.25) is 19.3 Å². The van der Waals surface area contributed by atoms with E-state index in [2.05, 4.69) is 24.1 Å². The summed E-state index contributed by atoms with van der Waals surface area (Å²) in [5, 5.41) is 13.3. The van der Waals surface area contributed by atoms with Gasteiger partial charge in [-0.05, 0) is 44.4 Å². The lowest BCUT2D eigenvalue weighted by molar-refractivity contribution is -0.0490. The van der Waals surface area contributed by atoms with Gasteiger partial charge in [0.1, 0.15) is 17.5 Å². The van der Waals surface area contributed by atoms with E-state index >= 15 is 0 Å². The second-order valence-corrected chi connectivity index (χ2v) is 8.86. The van der Waals surface area contributed by atoms with Crippen LogP contribution in [0, 0.1) is 5.82 Å². The average molecular weight is 457 g/mol. The van der Waals surface area contributed by atoms with Crippen molar-refractivity contribution in [3.8, 4) is 5.75 Å². The van der Waals surface area contributed by atoms with Crippen molar-refractivity contribution in [2.75, 3.05) is 6.54 Å². The zero-order valence-corrected chi connectivity index (χ0v) is 19.0. The van der Waals surface area contributed by atoms with E-state index in [9.17, 15) is 23.9 Å². The summed E-state index contributed by atoms with van der Waals surface area (Å²) < 4.78 is 14.6. The normalized spacial score (nSPS) is 21.3. The molecule has 3 heterocycles. The van der Waals surface area contributed by atoms with E-state index < -0.39 is 23.0 Å². The van der Waals surface area contributed by atoms with E-state index in [1.54, 1.807) is 4.90 Å². The van der Waals surface area contributed by atoms with Crippen LogP contribution in [0.15, 0.2) is 35.3 Å². The van der Waals surface area contributed by atoms with Gasteiger partial charge in [0, 0.05) is 31.4 Å². The fraction of sp³-hybridized carbons (Fsp3) is 0.458. The lowest BCUT2D eigenvalue weighted by Crippen LogP contribution is -2.65. The van der Waals surface area contributed by atoms with E-state index in [0.717, 1.165) is 19.4 Å². The van der Waals surface area contributed by atoms with Gasteiger partial charge >= 0.3 is 0 Å². The van der Waals surface area contributed by atoms with Crippen molar-refractivity contribution in [2.45, 2.75) is 65.0 Å². The number of carbonyl (C=O) groups is 2. The fourth-order valence-electron chi connectivity index (χ4n) is 4.71. The summed E-state index contributed by atoms with van der Waals surface area (Å²) in [6.45, 7) is 7.47. The number of hydrogen-bond acceptors (Lipinski definition) is 5. The Hall–Kier alpha value is -3.20. The van der Waals surface area contributed by atoms with Crippen molar-refractivity contribution in [2.24, 2.45) is 0 Å². The summed E-state index contributed by atoms with van der Waals surface area (Å²) in [5.41, 5.74) is -0.533. The highest BCUT2D eigenvalue weighted by molar-refractivity contribution is 5.99. The molecule has 0 bridgehead atoms. The number of nitrogens with one attached hydrogen (secondary N) is 1. The predicted molar refractivity (Wildman–Crippen MR) is 120 cm³/mol. The number of fused-ring (bicyclic) bond motifs is 2. The lowest BCUT2D eigenvalue weighted by Gasteiger charge is -2.52. The van der Waals surface area contributed by atoms with Crippen molar-refractivity contribution >= 4 is 11.8 Å². The molecule has 2 aliphatic rings. The van der Waals surface area contributed by atoms with E-state index in [0.29, 0.717) is 12.1 Å². The first-order chi connectivity index (χ1) is 15.7. The molecule has 8 nitrogen and oxygen atoms in total. The minimum absolute atomic E-state index is 0.0234. The van der Waals surface area contributed by atoms with Crippen molar-refractivity contribution in [3.05, 3.63) is 63.3 Å². The number of aromatic hydroxyl groups is 1. The second-order valence-electron chi connectivity index (χ2n) is 8.86. The Morgan fingerprint density at radius 2 is 1.97 bits per heavy atom. The molecule has 2 aromatic rings. The highest BCUT2D eigenvalue weighted by Crippen LogP contribution is 2.32. The molecule has 0 aliphatic carbocycles. The summed E-state index contributed by atoms with van der Waals surface area (Å²) in [4.78, 5) is 42.9. The second kappa shape index (κ2) is 8.97. The maximum absolute atomic E-state index is 13.4. The molecule has 33 heavy (non-hydrogen) atoms. The SMILES string of the molecule is CCC(C)N1CC[C@@H](C)N2C(=O)c3c(O)c(=O)c(C(=O)NCc4ccc(F)cc4)cn3C[C@H]12. The lowest BCUT2D eigenvalue weighted by atomic mass is 10.0. The Morgan fingerprint density at radius 1 is 1.27 bits per heavy atom. The molecule has 1 aromatic carbocycles. The van der Waals surface area contributed by atoms with E-state index in [4.69, 9.17) is 0 Å². The third-order valence-electron chi connectivity index (χ3n) is 6.81. The standard InChI is InChI=1S/C24H29FN4O4/c1-4-14(2)28-10-9-15(3)29-19(28)13-27-12-18(21(30)22(31)20(27)24(29)33)23(32)26-11-16-5-7-17(25)8-6-16/h5-8,12,14-15,19,31H,4,9-11,13H2,1-3H3,(H,26,32)/t14?,15-,19-/m1/s1. The van der Waals surface area contributed by atoms with Gasteiger partial charge < -0.3 is 19.9 Å². The summed E-state index contributed by atoms with van der Waals surface area (Å²) in [5.74, 6) is -2.16. The largest absolute Gasteiger partial charge is 0.503 e. The van der Waals surface area contributed by atoms with Crippen LogP contribution in [-0.4, -0.2) is 56.1 Å². The van der Waals surface area contributed by atoms with Crippen LogP contribution in [-0.2, 0) is 13.1 Å². The molecule has 4 rings (SSSR count). The first kappa shape index (κ1) is 23.0.